The molecule has 2 bridgehead atoms. The van der Waals surface area contributed by atoms with Gasteiger partial charge in [0.05, 0.1) is 5.41 Å². The molecule has 0 fully saturated rings. The van der Waals surface area contributed by atoms with Crippen LogP contribution in [0.3, 0.4) is 0 Å². The maximum absolute atomic E-state index is 4.93. The number of hydrogen-bond acceptors (Lipinski definition) is 2. The summed E-state index contributed by atoms with van der Waals surface area (Å²) < 4.78 is 0. The summed E-state index contributed by atoms with van der Waals surface area (Å²) in [5, 5.41) is 6.84. The Hall–Kier alpha value is -4.17. The van der Waals surface area contributed by atoms with Crippen LogP contribution in [0.1, 0.15) is 84.0 Å². The lowest BCUT2D eigenvalue weighted by Crippen LogP contribution is -2.43. The van der Waals surface area contributed by atoms with Gasteiger partial charge >= 0.3 is 0 Å². The van der Waals surface area contributed by atoms with Crippen LogP contribution in [0.25, 0.3) is 33.2 Å². The Morgan fingerprint density at radius 1 is 0.756 bits per heavy atom. The van der Waals surface area contributed by atoms with E-state index in [1.54, 1.807) is 0 Å². The first kappa shape index (κ1) is 23.5. The second-order valence-corrected chi connectivity index (χ2v) is 13.2. The fourth-order valence-corrected chi connectivity index (χ4v) is 9.00. The average molecular weight is 531 g/mol. The lowest BCUT2D eigenvalue weighted by Gasteiger charge is -2.45. The smallest absolute Gasteiger partial charge is 0.0761 e. The third-order valence-electron chi connectivity index (χ3n) is 10.6. The summed E-state index contributed by atoms with van der Waals surface area (Å²) in [6.07, 6.45) is 5.33. The second-order valence-electron chi connectivity index (χ2n) is 13.2. The van der Waals surface area contributed by atoms with Crippen molar-refractivity contribution in [2.45, 2.75) is 57.4 Å². The normalized spacial score (nSPS) is 22.0. The van der Waals surface area contributed by atoms with Crippen LogP contribution >= 0.6 is 0 Å². The first-order valence-corrected chi connectivity index (χ1v) is 15.3. The van der Waals surface area contributed by atoms with Gasteiger partial charge in [0.25, 0.3) is 0 Å². The molecule has 4 aromatic carbocycles. The number of nitrogens with one attached hydrogen (secondary N) is 1. The fourth-order valence-electron chi connectivity index (χ4n) is 9.00. The molecule has 0 saturated carbocycles. The highest BCUT2D eigenvalue weighted by Gasteiger charge is 2.55. The Bertz CT molecular complexity index is 1930. The standard InChI is InChI=1S/C39H34N2/c1-21(2)17-24-13-15-26-22(3)37-23(4)27-16-14-25-19-40-20-33-34(25)35(27)38(41-37)36(30(26)18-24)39(33)31-11-7-5-9-28(31)29-10-6-8-12-32(29)39/h5-16,18-23,37,41H,17H2,1-4H3. The zero-order valence-electron chi connectivity index (χ0n) is 24.1. The van der Waals surface area contributed by atoms with Gasteiger partial charge in [0.2, 0.25) is 0 Å². The van der Waals surface area contributed by atoms with Crippen molar-refractivity contribution in [3.8, 4) is 11.1 Å². The summed E-state index contributed by atoms with van der Waals surface area (Å²) in [4.78, 5) is 4.93. The second kappa shape index (κ2) is 7.97. The number of pyridine rings is 1. The minimum atomic E-state index is -0.450. The van der Waals surface area contributed by atoms with E-state index in [1.165, 1.54) is 77.7 Å². The largest absolute Gasteiger partial charge is 0.380 e. The Labute approximate surface area is 242 Å². The summed E-state index contributed by atoms with van der Waals surface area (Å²) in [5.41, 5.74) is 16.2. The molecule has 2 heteroatoms. The van der Waals surface area contributed by atoms with Gasteiger partial charge in [0, 0.05) is 52.5 Å². The number of hydrogen-bond donors (Lipinski definition) is 1. The number of aromatic nitrogens is 1. The van der Waals surface area contributed by atoms with Crippen molar-refractivity contribution in [3.05, 3.63) is 136 Å². The molecule has 3 unspecified atom stereocenters. The molecule has 0 saturated heterocycles. The van der Waals surface area contributed by atoms with Crippen molar-refractivity contribution in [2.75, 3.05) is 0 Å². The van der Waals surface area contributed by atoms with Gasteiger partial charge in [-0.25, -0.2) is 0 Å². The van der Waals surface area contributed by atoms with E-state index >= 15 is 0 Å². The SMILES string of the molecule is CC(C)Cc1ccc2c(c1)C1=C3NC(C2C)C(C)c2ccc4cncc(c4c23)C12c1ccccc1-c1ccccc12. The van der Waals surface area contributed by atoms with Crippen molar-refractivity contribution in [3.63, 3.8) is 0 Å². The number of nitrogens with zero attached hydrogens (tertiary/aromatic N) is 1. The third-order valence-corrected chi connectivity index (χ3v) is 10.6. The summed E-state index contributed by atoms with van der Waals surface area (Å²) in [6, 6.07) is 30.7. The van der Waals surface area contributed by atoms with Crippen molar-refractivity contribution < 1.29 is 0 Å². The van der Waals surface area contributed by atoms with E-state index in [9.17, 15) is 0 Å². The fraction of sp³-hybridized carbons (Fsp3) is 0.256. The first-order chi connectivity index (χ1) is 20.0. The van der Waals surface area contributed by atoms with E-state index in [1.807, 2.05) is 0 Å². The highest BCUT2D eigenvalue weighted by Crippen LogP contribution is 2.65. The quantitative estimate of drug-likeness (QED) is 0.247. The number of rotatable bonds is 2. The van der Waals surface area contributed by atoms with Gasteiger partial charge in [-0.3, -0.25) is 4.98 Å². The molecule has 1 N–H and O–H groups in total. The van der Waals surface area contributed by atoms with Crippen LogP contribution in [0.4, 0.5) is 0 Å². The molecule has 1 spiro atoms. The number of fused-ring (bicyclic) bond motifs is 10. The van der Waals surface area contributed by atoms with Crippen molar-refractivity contribution in [1.29, 1.82) is 0 Å². The van der Waals surface area contributed by atoms with E-state index in [0.717, 1.165) is 6.42 Å². The molecule has 4 aliphatic rings. The summed E-state index contributed by atoms with van der Waals surface area (Å²) >= 11 is 0. The predicted molar refractivity (Wildman–Crippen MR) is 169 cm³/mol. The molecular formula is C39H34N2. The first-order valence-electron chi connectivity index (χ1n) is 15.3. The van der Waals surface area contributed by atoms with E-state index in [2.05, 4.69) is 124 Å². The molecule has 3 heterocycles. The highest BCUT2D eigenvalue weighted by molar-refractivity contribution is 6.15. The van der Waals surface area contributed by atoms with E-state index < -0.39 is 5.41 Å². The van der Waals surface area contributed by atoms with Crippen LogP contribution in [0.15, 0.2) is 91.3 Å². The van der Waals surface area contributed by atoms with E-state index in [4.69, 9.17) is 4.98 Å². The van der Waals surface area contributed by atoms with Crippen molar-refractivity contribution >= 4 is 22.0 Å². The molecule has 2 aliphatic carbocycles. The van der Waals surface area contributed by atoms with Crippen LogP contribution < -0.4 is 5.32 Å². The summed E-state index contributed by atoms with van der Waals surface area (Å²) in [7, 11) is 0. The lowest BCUT2D eigenvalue weighted by molar-refractivity contribution is 0.436. The summed E-state index contributed by atoms with van der Waals surface area (Å²) in [6.45, 7) is 9.51. The Kier molecular flexibility index (Phi) is 4.58. The third kappa shape index (κ3) is 2.76. The van der Waals surface area contributed by atoms with Gasteiger partial charge in [0.1, 0.15) is 0 Å². The minimum absolute atomic E-state index is 0.328. The van der Waals surface area contributed by atoms with Gasteiger partial charge in [-0.2, -0.15) is 0 Å². The molecule has 9 rings (SSSR count). The molecule has 5 aromatic rings. The zero-order chi connectivity index (χ0) is 27.6. The van der Waals surface area contributed by atoms with Crippen molar-refractivity contribution in [1.82, 2.24) is 10.3 Å². The number of allylic oxidation sites excluding steroid dienone is 1. The molecule has 1 aromatic heterocycles. The maximum Gasteiger partial charge on any atom is 0.0761 e. The molecule has 200 valence electrons. The van der Waals surface area contributed by atoms with Crippen LogP contribution in [0.5, 0.6) is 0 Å². The highest BCUT2D eigenvalue weighted by atomic mass is 15.0. The van der Waals surface area contributed by atoms with Gasteiger partial charge in [-0.05, 0) is 67.8 Å². The predicted octanol–water partition coefficient (Wildman–Crippen LogP) is 8.82. The molecule has 2 aliphatic heterocycles. The monoisotopic (exact) mass is 530 g/mol. The molecule has 3 atom stereocenters. The van der Waals surface area contributed by atoms with Gasteiger partial charge in [-0.15, -0.1) is 0 Å². The average Bonchev–Trinajstić information content (AvgIpc) is 3.21. The lowest BCUT2D eigenvalue weighted by atomic mass is 9.60. The molecule has 2 nitrogen and oxygen atoms in total. The molecule has 0 radical (unpaired) electrons. The number of benzene rings is 4. The Morgan fingerprint density at radius 3 is 2.17 bits per heavy atom. The van der Waals surface area contributed by atoms with Gasteiger partial charge in [0.15, 0.2) is 0 Å². The maximum atomic E-state index is 4.93. The molecular weight excluding hydrogens is 496 g/mol. The molecule has 0 amide bonds. The van der Waals surface area contributed by atoms with Crippen LogP contribution in [-0.4, -0.2) is 11.0 Å². The summed E-state index contributed by atoms with van der Waals surface area (Å²) in [5.74, 6) is 1.37. The van der Waals surface area contributed by atoms with E-state index in [0.29, 0.717) is 23.8 Å². The zero-order valence-corrected chi connectivity index (χ0v) is 24.1. The van der Waals surface area contributed by atoms with E-state index in [-0.39, 0.29) is 0 Å². The van der Waals surface area contributed by atoms with Crippen LogP contribution in [0, 0.1) is 5.92 Å². The van der Waals surface area contributed by atoms with Crippen LogP contribution in [0.2, 0.25) is 0 Å². The Balaban J connectivity index is 1.54. The minimum Gasteiger partial charge on any atom is -0.380 e. The Morgan fingerprint density at radius 2 is 1.44 bits per heavy atom. The van der Waals surface area contributed by atoms with Gasteiger partial charge < -0.3 is 5.32 Å². The molecule has 41 heavy (non-hydrogen) atoms. The van der Waals surface area contributed by atoms with Gasteiger partial charge in [-0.1, -0.05) is 107 Å². The van der Waals surface area contributed by atoms with Crippen molar-refractivity contribution in [2.24, 2.45) is 5.92 Å². The topological polar surface area (TPSA) is 24.9 Å². The van der Waals surface area contributed by atoms with Crippen LogP contribution in [-0.2, 0) is 11.8 Å².